The summed E-state index contributed by atoms with van der Waals surface area (Å²) in [4.78, 5) is 16.5. The van der Waals surface area contributed by atoms with Crippen molar-refractivity contribution in [1.29, 1.82) is 0 Å². The minimum Gasteiger partial charge on any atom is -0.485 e. The average Bonchev–Trinajstić information content (AvgIpc) is 2.50. The van der Waals surface area contributed by atoms with E-state index in [4.69, 9.17) is 9.47 Å². The SMILES string of the molecule is Cc1nc(NC(=O)C2COc3ccccc3O2)ccc1Br. The second kappa shape index (κ2) is 5.73. The van der Waals surface area contributed by atoms with Gasteiger partial charge in [-0.15, -0.1) is 0 Å². The molecule has 1 unspecified atom stereocenters. The highest BCUT2D eigenvalue weighted by atomic mass is 79.9. The summed E-state index contributed by atoms with van der Waals surface area (Å²) in [5.74, 6) is 1.44. The third-order valence-electron chi connectivity index (χ3n) is 3.07. The number of pyridine rings is 1. The van der Waals surface area contributed by atoms with Gasteiger partial charge in [-0.25, -0.2) is 4.98 Å². The third-order valence-corrected chi connectivity index (χ3v) is 3.91. The normalized spacial score (nSPS) is 16.4. The van der Waals surface area contributed by atoms with E-state index in [1.807, 2.05) is 31.2 Å². The van der Waals surface area contributed by atoms with Gasteiger partial charge < -0.3 is 14.8 Å². The van der Waals surface area contributed by atoms with Crippen molar-refractivity contribution in [3.05, 3.63) is 46.6 Å². The summed E-state index contributed by atoms with van der Waals surface area (Å²) in [5, 5.41) is 2.73. The van der Waals surface area contributed by atoms with Crippen molar-refractivity contribution in [3.8, 4) is 11.5 Å². The number of aryl methyl sites for hydroxylation is 1. The number of rotatable bonds is 2. The van der Waals surface area contributed by atoms with E-state index in [-0.39, 0.29) is 12.5 Å². The Balaban J connectivity index is 1.70. The quantitative estimate of drug-likeness (QED) is 0.906. The van der Waals surface area contributed by atoms with Crippen LogP contribution in [0.25, 0.3) is 0 Å². The molecule has 0 bridgehead atoms. The van der Waals surface area contributed by atoms with Gasteiger partial charge in [-0.1, -0.05) is 12.1 Å². The highest BCUT2D eigenvalue weighted by Gasteiger charge is 2.27. The molecule has 2 aromatic rings. The fourth-order valence-corrected chi connectivity index (χ4v) is 2.19. The first-order valence-corrected chi connectivity index (χ1v) is 7.25. The lowest BCUT2D eigenvalue weighted by atomic mass is 10.2. The van der Waals surface area contributed by atoms with Crippen molar-refractivity contribution in [2.75, 3.05) is 11.9 Å². The molecule has 1 N–H and O–H groups in total. The van der Waals surface area contributed by atoms with Gasteiger partial charge in [-0.2, -0.15) is 0 Å². The van der Waals surface area contributed by atoms with E-state index in [0.29, 0.717) is 17.3 Å². The maximum atomic E-state index is 12.2. The van der Waals surface area contributed by atoms with Gasteiger partial charge in [0.15, 0.2) is 11.5 Å². The number of nitrogens with one attached hydrogen (secondary N) is 1. The highest BCUT2D eigenvalue weighted by molar-refractivity contribution is 9.10. The summed E-state index contributed by atoms with van der Waals surface area (Å²) < 4.78 is 12.1. The van der Waals surface area contributed by atoms with Crippen molar-refractivity contribution in [3.63, 3.8) is 0 Å². The Hall–Kier alpha value is -2.08. The summed E-state index contributed by atoms with van der Waals surface area (Å²) in [6.45, 7) is 2.04. The van der Waals surface area contributed by atoms with Crippen molar-refractivity contribution in [2.24, 2.45) is 0 Å². The molecule has 1 amide bonds. The number of hydrogen-bond donors (Lipinski definition) is 1. The molecular formula is C15H13BrN2O3. The Kier molecular flexibility index (Phi) is 3.79. The Labute approximate surface area is 130 Å². The first kappa shape index (κ1) is 13.9. The first-order chi connectivity index (χ1) is 10.1. The fourth-order valence-electron chi connectivity index (χ4n) is 1.97. The monoisotopic (exact) mass is 348 g/mol. The zero-order valence-corrected chi connectivity index (χ0v) is 12.9. The standard InChI is InChI=1S/C15H13BrN2O3/c1-9-10(16)6-7-14(17-9)18-15(19)13-8-20-11-4-2-3-5-12(11)21-13/h2-7,13H,8H2,1H3,(H,17,18,19). The molecule has 1 aliphatic heterocycles. The molecule has 1 atom stereocenters. The summed E-state index contributed by atoms with van der Waals surface area (Å²) in [6, 6.07) is 10.8. The lowest BCUT2D eigenvalue weighted by molar-refractivity contribution is -0.125. The van der Waals surface area contributed by atoms with E-state index >= 15 is 0 Å². The Morgan fingerprint density at radius 2 is 2.05 bits per heavy atom. The van der Waals surface area contributed by atoms with Crippen LogP contribution < -0.4 is 14.8 Å². The second-order valence-electron chi connectivity index (χ2n) is 4.62. The molecule has 0 fully saturated rings. The van der Waals surface area contributed by atoms with Crippen LogP contribution in [0.2, 0.25) is 0 Å². The van der Waals surface area contributed by atoms with Crippen molar-refractivity contribution < 1.29 is 14.3 Å². The van der Waals surface area contributed by atoms with Gasteiger partial charge >= 0.3 is 0 Å². The van der Waals surface area contributed by atoms with Crippen LogP contribution in [-0.2, 0) is 4.79 Å². The van der Waals surface area contributed by atoms with Crippen LogP contribution in [0.1, 0.15) is 5.69 Å². The maximum absolute atomic E-state index is 12.2. The van der Waals surface area contributed by atoms with E-state index in [2.05, 4.69) is 26.2 Å². The van der Waals surface area contributed by atoms with Crippen LogP contribution in [0.15, 0.2) is 40.9 Å². The van der Waals surface area contributed by atoms with Crippen LogP contribution in [0.5, 0.6) is 11.5 Å². The fraction of sp³-hybridized carbons (Fsp3) is 0.200. The smallest absolute Gasteiger partial charge is 0.270 e. The van der Waals surface area contributed by atoms with Gasteiger partial charge in [-0.3, -0.25) is 4.79 Å². The summed E-state index contributed by atoms with van der Waals surface area (Å²) >= 11 is 3.37. The van der Waals surface area contributed by atoms with Gasteiger partial charge in [0.2, 0.25) is 6.10 Å². The number of halogens is 1. The van der Waals surface area contributed by atoms with Crippen LogP contribution in [-0.4, -0.2) is 23.6 Å². The molecule has 0 saturated carbocycles. The van der Waals surface area contributed by atoms with E-state index in [1.165, 1.54) is 0 Å². The number of anilines is 1. The van der Waals surface area contributed by atoms with Gasteiger partial charge in [0.1, 0.15) is 12.4 Å². The molecule has 6 heteroatoms. The molecule has 5 nitrogen and oxygen atoms in total. The molecule has 1 aromatic carbocycles. The largest absolute Gasteiger partial charge is 0.485 e. The minimum absolute atomic E-state index is 0.179. The summed E-state index contributed by atoms with van der Waals surface area (Å²) in [7, 11) is 0. The van der Waals surface area contributed by atoms with E-state index in [9.17, 15) is 4.79 Å². The van der Waals surface area contributed by atoms with E-state index in [0.717, 1.165) is 10.2 Å². The topological polar surface area (TPSA) is 60.5 Å². The number of amides is 1. The number of ether oxygens (including phenoxy) is 2. The molecule has 0 aliphatic carbocycles. The van der Waals surface area contributed by atoms with Gasteiger partial charge in [0.25, 0.3) is 5.91 Å². The number of aromatic nitrogens is 1. The third kappa shape index (κ3) is 3.00. The number of carbonyl (C=O) groups excluding carboxylic acids is 1. The molecule has 1 aromatic heterocycles. The Morgan fingerprint density at radius 3 is 2.81 bits per heavy atom. The molecule has 2 heterocycles. The van der Waals surface area contributed by atoms with Crippen LogP contribution in [0.4, 0.5) is 5.82 Å². The van der Waals surface area contributed by atoms with E-state index in [1.54, 1.807) is 12.1 Å². The lowest BCUT2D eigenvalue weighted by Gasteiger charge is -2.25. The molecule has 108 valence electrons. The predicted molar refractivity (Wildman–Crippen MR) is 81.7 cm³/mol. The Bertz CT molecular complexity index is 690. The molecule has 21 heavy (non-hydrogen) atoms. The zero-order valence-electron chi connectivity index (χ0n) is 11.3. The number of nitrogens with zero attached hydrogens (tertiary/aromatic N) is 1. The summed E-state index contributed by atoms with van der Waals surface area (Å²) in [6.07, 6.45) is -0.689. The van der Waals surface area contributed by atoms with Gasteiger partial charge in [0, 0.05) is 4.47 Å². The average molecular weight is 349 g/mol. The highest BCUT2D eigenvalue weighted by Crippen LogP contribution is 2.31. The zero-order chi connectivity index (χ0) is 14.8. The molecule has 0 spiro atoms. The molecular weight excluding hydrogens is 336 g/mol. The van der Waals surface area contributed by atoms with Crippen molar-refractivity contribution >= 4 is 27.7 Å². The van der Waals surface area contributed by atoms with Gasteiger partial charge in [0.05, 0.1) is 5.69 Å². The number of para-hydroxylation sites is 2. The van der Waals surface area contributed by atoms with Crippen LogP contribution in [0.3, 0.4) is 0 Å². The molecule has 0 saturated heterocycles. The Morgan fingerprint density at radius 1 is 1.29 bits per heavy atom. The second-order valence-corrected chi connectivity index (χ2v) is 5.47. The van der Waals surface area contributed by atoms with Gasteiger partial charge in [-0.05, 0) is 47.1 Å². The number of hydrogen-bond acceptors (Lipinski definition) is 4. The summed E-state index contributed by atoms with van der Waals surface area (Å²) in [5.41, 5.74) is 0.805. The van der Waals surface area contributed by atoms with Crippen molar-refractivity contribution in [1.82, 2.24) is 4.98 Å². The molecule has 1 aliphatic rings. The minimum atomic E-state index is -0.689. The predicted octanol–water partition coefficient (Wildman–Crippen LogP) is 2.93. The first-order valence-electron chi connectivity index (χ1n) is 6.46. The number of benzene rings is 1. The van der Waals surface area contributed by atoms with Crippen LogP contribution >= 0.6 is 15.9 Å². The lowest BCUT2D eigenvalue weighted by Crippen LogP contribution is -2.40. The van der Waals surface area contributed by atoms with E-state index < -0.39 is 6.10 Å². The maximum Gasteiger partial charge on any atom is 0.270 e. The number of fused-ring (bicyclic) bond motifs is 1. The number of carbonyl (C=O) groups is 1. The van der Waals surface area contributed by atoms with Crippen molar-refractivity contribution in [2.45, 2.75) is 13.0 Å². The molecule has 3 rings (SSSR count). The van der Waals surface area contributed by atoms with Crippen LogP contribution in [0, 0.1) is 6.92 Å². The molecule has 0 radical (unpaired) electrons.